The molecule has 1 radical (unpaired) electrons. The van der Waals surface area contributed by atoms with Crippen LogP contribution in [0.2, 0.25) is 0 Å². The lowest BCUT2D eigenvalue weighted by molar-refractivity contribution is 0.593. The molecule has 0 saturated heterocycles. The van der Waals surface area contributed by atoms with Crippen LogP contribution in [0.3, 0.4) is 0 Å². The summed E-state index contributed by atoms with van der Waals surface area (Å²) in [6.07, 6.45) is 12.0. The van der Waals surface area contributed by atoms with Gasteiger partial charge in [0.25, 0.3) is 0 Å². The summed E-state index contributed by atoms with van der Waals surface area (Å²) in [5.41, 5.74) is 0. The molecule has 0 aromatic rings. The number of allylic oxidation sites excluding steroid dienone is 1. The molecule has 0 aromatic carbocycles. The van der Waals surface area contributed by atoms with Crippen LogP contribution in [0, 0.1) is 0 Å². The van der Waals surface area contributed by atoms with Crippen molar-refractivity contribution in [3.63, 3.8) is 0 Å². The van der Waals surface area contributed by atoms with Crippen molar-refractivity contribution in [1.29, 1.82) is 0 Å². The summed E-state index contributed by atoms with van der Waals surface area (Å²) < 4.78 is 0. The van der Waals surface area contributed by atoms with Crippen molar-refractivity contribution < 1.29 is 0 Å². The first kappa shape index (κ1) is 5.29. The summed E-state index contributed by atoms with van der Waals surface area (Å²) in [7, 11) is 0. The lowest BCUT2D eigenvalue weighted by Crippen LogP contribution is -2.17. The van der Waals surface area contributed by atoms with Crippen LogP contribution in [0.5, 0.6) is 0 Å². The van der Waals surface area contributed by atoms with Gasteiger partial charge in [-0.15, -0.1) is 0 Å². The zero-order valence-corrected chi connectivity index (χ0v) is 5.28. The van der Waals surface area contributed by atoms with E-state index in [-0.39, 0.29) is 0 Å². The predicted octanol–water partition coefficient (Wildman–Crippen LogP) is 0.637. The number of hydrogen-bond acceptors (Lipinski definition) is 3. The van der Waals surface area contributed by atoms with Crippen molar-refractivity contribution in [3.8, 4) is 0 Å². The minimum Gasteiger partial charge on any atom is -0.363 e. The average Bonchev–Trinajstić information content (AvgIpc) is 2.05. The van der Waals surface area contributed by atoms with Gasteiger partial charge in [-0.2, -0.15) is 0 Å². The first-order valence-electron chi connectivity index (χ1n) is 3.01. The minimum atomic E-state index is 0.866. The smallest absolute Gasteiger partial charge is 0.153 e. The highest BCUT2D eigenvalue weighted by Crippen LogP contribution is 2.11. The molecule has 0 aromatic heterocycles. The fourth-order valence-electron chi connectivity index (χ4n) is 0.830. The van der Waals surface area contributed by atoms with E-state index in [1.165, 1.54) is 0 Å². The van der Waals surface area contributed by atoms with Gasteiger partial charge in [-0.1, -0.05) is 0 Å². The van der Waals surface area contributed by atoms with E-state index in [0.29, 0.717) is 0 Å². The van der Waals surface area contributed by atoms with Crippen LogP contribution in [0.4, 0.5) is 0 Å². The Morgan fingerprint density at radius 2 is 2.50 bits per heavy atom. The molecule has 0 bridgehead atoms. The summed E-state index contributed by atoms with van der Waals surface area (Å²) in [5.74, 6) is 0.866. The van der Waals surface area contributed by atoms with Crippen molar-refractivity contribution in [2.45, 2.75) is 0 Å². The standard InChI is InChI=1S/C7H6N3/c1-2-9-7-6-8-3-5-10(7)4-1/h1,3-6,8H. The minimum absolute atomic E-state index is 0.866. The van der Waals surface area contributed by atoms with Crippen LogP contribution < -0.4 is 5.32 Å². The third-order valence-corrected chi connectivity index (χ3v) is 1.30. The van der Waals surface area contributed by atoms with E-state index in [0.717, 1.165) is 5.82 Å². The number of fused-ring (bicyclic) bond motifs is 1. The predicted molar refractivity (Wildman–Crippen MR) is 38.8 cm³/mol. The highest BCUT2D eigenvalue weighted by molar-refractivity contribution is 5.73. The third kappa shape index (κ3) is 0.719. The Kier molecular flexibility index (Phi) is 1.07. The third-order valence-electron chi connectivity index (χ3n) is 1.30. The maximum atomic E-state index is 3.99. The molecule has 3 nitrogen and oxygen atoms in total. The lowest BCUT2D eigenvalue weighted by Gasteiger charge is -2.20. The molecule has 1 N–H and O–H groups in total. The second-order valence-corrected chi connectivity index (χ2v) is 1.95. The number of aliphatic imine (C=N–C) groups is 1. The van der Waals surface area contributed by atoms with Crippen LogP contribution in [-0.2, 0) is 0 Å². The van der Waals surface area contributed by atoms with E-state index in [4.69, 9.17) is 0 Å². The van der Waals surface area contributed by atoms with E-state index >= 15 is 0 Å². The van der Waals surface area contributed by atoms with Crippen LogP contribution in [-0.4, -0.2) is 11.1 Å². The van der Waals surface area contributed by atoms with E-state index in [2.05, 4.69) is 16.5 Å². The highest BCUT2D eigenvalue weighted by Gasteiger charge is 2.05. The molecular weight excluding hydrogens is 126 g/mol. The van der Waals surface area contributed by atoms with Gasteiger partial charge in [0.2, 0.25) is 0 Å². The van der Waals surface area contributed by atoms with E-state index in [1.807, 2.05) is 29.7 Å². The molecule has 2 heterocycles. The summed E-state index contributed by atoms with van der Waals surface area (Å²) in [6, 6.07) is 0. The monoisotopic (exact) mass is 132 g/mol. The molecule has 0 amide bonds. The molecule has 0 aliphatic carbocycles. The zero-order valence-electron chi connectivity index (χ0n) is 5.28. The van der Waals surface area contributed by atoms with Gasteiger partial charge in [0.15, 0.2) is 5.82 Å². The number of hydrogen-bond donors (Lipinski definition) is 1. The van der Waals surface area contributed by atoms with Crippen molar-refractivity contribution in [1.82, 2.24) is 10.2 Å². The summed E-state index contributed by atoms with van der Waals surface area (Å²) in [4.78, 5) is 5.90. The molecule has 2 aliphatic heterocycles. The van der Waals surface area contributed by atoms with E-state index < -0.39 is 0 Å². The van der Waals surface area contributed by atoms with Crippen molar-refractivity contribution in [3.05, 3.63) is 36.7 Å². The molecule has 0 atom stereocenters. The maximum Gasteiger partial charge on any atom is 0.153 e. The normalized spacial score (nSPS) is 20.0. The fraction of sp³-hybridized carbons (Fsp3) is 0. The summed E-state index contributed by atoms with van der Waals surface area (Å²) in [6.45, 7) is 0. The quantitative estimate of drug-likeness (QED) is 0.523. The fourth-order valence-corrected chi connectivity index (χ4v) is 0.830. The lowest BCUT2D eigenvalue weighted by atomic mass is 10.4. The molecule has 49 valence electrons. The van der Waals surface area contributed by atoms with E-state index in [1.54, 1.807) is 6.08 Å². The van der Waals surface area contributed by atoms with Crippen molar-refractivity contribution >= 4 is 6.21 Å². The second-order valence-electron chi connectivity index (χ2n) is 1.95. The summed E-state index contributed by atoms with van der Waals surface area (Å²) >= 11 is 0. The van der Waals surface area contributed by atoms with Gasteiger partial charge in [-0.05, 0) is 6.08 Å². The second kappa shape index (κ2) is 2.02. The Morgan fingerprint density at radius 1 is 1.50 bits per heavy atom. The van der Waals surface area contributed by atoms with Crippen LogP contribution in [0.1, 0.15) is 0 Å². The molecule has 2 aliphatic rings. The van der Waals surface area contributed by atoms with Gasteiger partial charge in [-0.3, -0.25) is 0 Å². The SMILES string of the molecule is [C]1=NC2=CNC=CN2C=C1. The van der Waals surface area contributed by atoms with Crippen LogP contribution in [0.15, 0.2) is 41.7 Å². The number of nitrogens with one attached hydrogen (secondary N) is 1. The molecule has 0 fully saturated rings. The largest absolute Gasteiger partial charge is 0.363 e. The topological polar surface area (TPSA) is 27.6 Å². The van der Waals surface area contributed by atoms with Crippen molar-refractivity contribution in [2.75, 3.05) is 0 Å². The Morgan fingerprint density at radius 3 is 3.40 bits per heavy atom. The summed E-state index contributed by atoms with van der Waals surface area (Å²) in [5, 5.41) is 2.93. The average molecular weight is 132 g/mol. The molecular formula is C7H6N3. The Bertz CT molecular complexity index is 248. The molecule has 2 rings (SSSR count). The molecule has 0 unspecified atom stereocenters. The van der Waals surface area contributed by atoms with Gasteiger partial charge in [0.1, 0.15) is 0 Å². The van der Waals surface area contributed by atoms with E-state index in [9.17, 15) is 0 Å². The first-order valence-corrected chi connectivity index (χ1v) is 3.01. The van der Waals surface area contributed by atoms with Gasteiger partial charge in [0.05, 0.1) is 6.21 Å². The van der Waals surface area contributed by atoms with Gasteiger partial charge >= 0.3 is 0 Å². The van der Waals surface area contributed by atoms with Gasteiger partial charge in [-0.25, -0.2) is 4.99 Å². The van der Waals surface area contributed by atoms with Crippen molar-refractivity contribution in [2.24, 2.45) is 4.99 Å². The zero-order chi connectivity index (χ0) is 6.81. The highest BCUT2D eigenvalue weighted by atomic mass is 15.2. The number of nitrogens with zero attached hydrogens (tertiary/aromatic N) is 2. The van der Waals surface area contributed by atoms with Gasteiger partial charge < -0.3 is 10.2 Å². The molecule has 0 spiro atoms. The molecule has 0 saturated carbocycles. The molecule has 10 heavy (non-hydrogen) atoms. The van der Waals surface area contributed by atoms with Crippen LogP contribution in [0.25, 0.3) is 0 Å². The molecule has 3 heteroatoms. The van der Waals surface area contributed by atoms with Crippen LogP contribution >= 0.6 is 0 Å². The number of rotatable bonds is 0. The maximum absolute atomic E-state index is 3.99. The Balaban J connectivity index is 2.33. The Labute approximate surface area is 59.1 Å². The Hall–Kier alpha value is -1.51. The first-order chi connectivity index (χ1) is 4.97. The van der Waals surface area contributed by atoms with Gasteiger partial charge in [0, 0.05) is 24.8 Å².